The molecule has 1 aliphatic carbocycles. The number of pyridine rings is 1. The van der Waals surface area contributed by atoms with Crippen LogP contribution in [0.3, 0.4) is 0 Å². The molecule has 1 aliphatic rings. The van der Waals surface area contributed by atoms with Gasteiger partial charge in [-0.05, 0) is 55.6 Å². The molecule has 0 spiro atoms. The number of aromatic carboxylic acids is 1. The predicted molar refractivity (Wildman–Crippen MR) is 103 cm³/mol. The maximum atomic E-state index is 10.9. The number of hydrogen-bond acceptors (Lipinski definition) is 3. The fourth-order valence-electron chi connectivity index (χ4n) is 3.68. The molecule has 2 rings (SSSR count). The first-order chi connectivity index (χ1) is 11.8. The van der Waals surface area contributed by atoms with E-state index in [2.05, 4.69) is 50.0 Å². The molecule has 25 heavy (non-hydrogen) atoms. The maximum absolute atomic E-state index is 10.9. The van der Waals surface area contributed by atoms with Gasteiger partial charge in [-0.15, -0.1) is 6.58 Å². The third-order valence-electron chi connectivity index (χ3n) is 5.49. The Morgan fingerprint density at radius 3 is 2.72 bits per heavy atom. The molecule has 1 saturated carbocycles. The highest BCUT2D eigenvalue weighted by Gasteiger charge is 2.38. The first-order valence-corrected chi connectivity index (χ1v) is 8.66. The molecule has 1 aromatic heterocycles. The number of rotatable bonds is 7. The van der Waals surface area contributed by atoms with E-state index in [9.17, 15) is 4.79 Å². The van der Waals surface area contributed by atoms with Crippen LogP contribution < -0.4 is 5.32 Å². The molecule has 2 N–H and O–H groups in total. The van der Waals surface area contributed by atoms with Crippen molar-refractivity contribution in [3.05, 3.63) is 60.9 Å². The van der Waals surface area contributed by atoms with Gasteiger partial charge in [0.05, 0.1) is 5.56 Å². The minimum absolute atomic E-state index is 0.115. The summed E-state index contributed by atoms with van der Waals surface area (Å²) in [4.78, 5) is 15.0. The number of aromatic nitrogens is 1. The Kier molecular flexibility index (Phi) is 5.83. The van der Waals surface area contributed by atoms with Crippen LogP contribution >= 0.6 is 0 Å². The van der Waals surface area contributed by atoms with Gasteiger partial charge in [-0.25, -0.2) is 9.78 Å². The van der Waals surface area contributed by atoms with Gasteiger partial charge in [-0.3, -0.25) is 0 Å². The Bertz CT molecular complexity index is 678. The molecular weight excluding hydrogens is 312 g/mol. The Hall–Kier alpha value is -2.36. The van der Waals surface area contributed by atoms with Crippen LogP contribution in [0.4, 0.5) is 5.82 Å². The molecule has 4 heteroatoms. The topological polar surface area (TPSA) is 62.2 Å². The van der Waals surface area contributed by atoms with Crippen molar-refractivity contribution in [3.8, 4) is 0 Å². The zero-order valence-corrected chi connectivity index (χ0v) is 15.2. The third kappa shape index (κ3) is 4.38. The summed E-state index contributed by atoms with van der Waals surface area (Å²) in [6.45, 7) is 17.5. The standard InChI is InChI=1S/C21H28N2O2/c1-6-21(5)10-9-16(11-18(21)14(2)3)15(4)12-22-19-8-7-17(13-23-19)20(24)25/h6-8,13,16,18H,1-2,4,9-12H2,3,5H3,(H,22,23)(H,24,25)/t16-,18+,21-/m1/s1. The van der Waals surface area contributed by atoms with Gasteiger partial charge in [-0.1, -0.05) is 37.3 Å². The fourth-order valence-corrected chi connectivity index (χ4v) is 3.68. The minimum atomic E-state index is -0.971. The van der Waals surface area contributed by atoms with Crippen LogP contribution in [0.25, 0.3) is 0 Å². The van der Waals surface area contributed by atoms with E-state index in [1.54, 1.807) is 12.1 Å². The summed E-state index contributed by atoms with van der Waals surface area (Å²) in [7, 11) is 0. The number of nitrogens with one attached hydrogen (secondary N) is 1. The van der Waals surface area contributed by atoms with Crippen molar-refractivity contribution < 1.29 is 9.90 Å². The van der Waals surface area contributed by atoms with Crippen molar-refractivity contribution in [1.82, 2.24) is 4.98 Å². The average molecular weight is 340 g/mol. The molecule has 0 aliphatic heterocycles. The minimum Gasteiger partial charge on any atom is -0.478 e. The number of carboxylic acid groups (broad SMARTS) is 1. The fraction of sp³-hybridized carbons (Fsp3) is 0.429. The molecule has 0 aromatic carbocycles. The second-order valence-corrected chi connectivity index (χ2v) is 7.33. The monoisotopic (exact) mass is 340 g/mol. The average Bonchev–Trinajstić information content (AvgIpc) is 2.60. The molecule has 1 aromatic rings. The van der Waals surface area contributed by atoms with Gasteiger partial charge >= 0.3 is 5.97 Å². The van der Waals surface area contributed by atoms with Gasteiger partial charge in [0.2, 0.25) is 0 Å². The molecule has 1 fully saturated rings. The van der Waals surface area contributed by atoms with Gasteiger partial charge in [0.15, 0.2) is 0 Å². The molecule has 4 nitrogen and oxygen atoms in total. The zero-order chi connectivity index (χ0) is 18.6. The van der Waals surface area contributed by atoms with Crippen molar-refractivity contribution >= 4 is 11.8 Å². The number of carboxylic acids is 1. The van der Waals surface area contributed by atoms with E-state index in [1.807, 2.05) is 0 Å². The van der Waals surface area contributed by atoms with Gasteiger partial charge < -0.3 is 10.4 Å². The highest BCUT2D eigenvalue weighted by molar-refractivity contribution is 5.87. The smallest absolute Gasteiger partial charge is 0.337 e. The van der Waals surface area contributed by atoms with Crippen LogP contribution in [0, 0.1) is 17.3 Å². The van der Waals surface area contributed by atoms with Gasteiger partial charge in [-0.2, -0.15) is 0 Å². The predicted octanol–water partition coefficient (Wildman–Crippen LogP) is 4.93. The van der Waals surface area contributed by atoms with Crippen LogP contribution in [-0.2, 0) is 0 Å². The van der Waals surface area contributed by atoms with Crippen molar-refractivity contribution in [1.29, 1.82) is 0 Å². The highest BCUT2D eigenvalue weighted by atomic mass is 16.4. The van der Waals surface area contributed by atoms with Crippen molar-refractivity contribution in [2.45, 2.75) is 33.1 Å². The molecule has 1 heterocycles. The number of allylic oxidation sites excluding steroid dienone is 2. The van der Waals surface area contributed by atoms with E-state index in [4.69, 9.17) is 5.11 Å². The van der Waals surface area contributed by atoms with Crippen molar-refractivity contribution in [2.24, 2.45) is 17.3 Å². The maximum Gasteiger partial charge on any atom is 0.337 e. The van der Waals surface area contributed by atoms with E-state index in [-0.39, 0.29) is 11.0 Å². The van der Waals surface area contributed by atoms with Crippen LogP contribution in [0.5, 0.6) is 0 Å². The molecule has 0 bridgehead atoms. The van der Waals surface area contributed by atoms with Gasteiger partial charge in [0.25, 0.3) is 0 Å². The Balaban J connectivity index is 1.96. The quantitative estimate of drug-likeness (QED) is 0.691. The summed E-state index contributed by atoms with van der Waals surface area (Å²) in [6, 6.07) is 3.23. The van der Waals surface area contributed by atoms with Crippen LogP contribution in [0.1, 0.15) is 43.5 Å². The summed E-state index contributed by atoms with van der Waals surface area (Å²) >= 11 is 0. The summed E-state index contributed by atoms with van der Waals surface area (Å²) in [5.74, 6) is 0.560. The summed E-state index contributed by atoms with van der Waals surface area (Å²) in [6.07, 6.45) is 6.67. The van der Waals surface area contributed by atoms with Crippen molar-refractivity contribution in [3.63, 3.8) is 0 Å². The molecule has 0 unspecified atom stereocenters. The Morgan fingerprint density at radius 2 is 2.20 bits per heavy atom. The van der Waals surface area contributed by atoms with Gasteiger partial charge in [0, 0.05) is 12.7 Å². The molecule has 3 atom stereocenters. The SMILES string of the molecule is C=C[C@]1(C)CC[C@@H](C(=C)CNc2ccc(C(=O)O)cn2)C[C@H]1C(=C)C. The van der Waals surface area contributed by atoms with Crippen molar-refractivity contribution in [2.75, 3.05) is 11.9 Å². The number of carbonyl (C=O) groups is 1. The van der Waals surface area contributed by atoms with E-state index in [1.165, 1.54) is 11.8 Å². The van der Waals surface area contributed by atoms with E-state index in [0.29, 0.717) is 24.2 Å². The summed E-state index contributed by atoms with van der Waals surface area (Å²) < 4.78 is 0. The van der Waals surface area contributed by atoms with E-state index in [0.717, 1.165) is 24.8 Å². The van der Waals surface area contributed by atoms with Gasteiger partial charge in [0.1, 0.15) is 5.82 Å². The first-order valence-electron chi connectivity index (χ1n) is 8.66. The Labute approximate surface area is 150 Å². The van der Waals surface area contributed by atoms with Crippen LogP contribution in [0.2, 0.25) is 0 Å². The number of hydrogen-bond donors (Lipinski definition) is 2. The lowest BCUT2D eigenvalue weighted by molar-refractivity contribution is 0.0696. The lowest BCUT2D eigenvalue weighted by atomic mass is 9.61. The lowest BCUT2D eigenvalue weighted by Gasteiger charge is -2.44. The zero-order valence-electron chi connectivity index (χ0n) is 15.2. The summed E-state index contributed by atoms with van der Waals surface area (Å²) in [5, 5.41) is 12.1. The molecule has 0 saturated heterocycles. The van der Waals surface area contributed by atoms with Crippen LogP contribution in [-0.4, -0.2) is 22.6 Å². The lowest BCUT2D eigenvalue weighted by Crippen LogP contribution is -2.34. The third-order valence-corrected chi connectivity index (χ3v) is 5.49. The van der Waals surface area contributed by atoms with E-state index >= 15 is 0 Å². The number of nitrogens with zero attached hydrogens (tertiary/aromatic N) is 1. The van der Waals surface area contributed by atoms with Crippen LogP contribution in [0.15, 0.2) is 55.3 Å². The Morgan fingerprint density at radius 1 is 1.48 bits per heavy atom. The number of anilines is 1. The molecule has 0 amide bonds. The second-order valence-electron chi connectivity index (χ2n) is 7.33. The molecular formula is C21H28N2O2. The largest absolute Gasteiger partial charge is 0.478 e. The first kappa shape index (κ1) is 19.0. The molecule has 134 valence electrons. The summed E-state index contributed by atoms with van der Waals surface area (Å²) in [5.41, 5.74) is 2.66. The second kappa shape index (κ2) is 7.68. The molecule has 0 radical (unpaired) electrons. The van der Waals surface area contributed by atoms with E-state index < -0.39 is 5.97 Å². The highest BCUT2D eigenvalue weighted by Crippen LogP contribution is 2.48. The normalized spacial score (nSPS) is 25.8.